The van der Waals surface area contributed by atoms with E-state index >= 15 is 0 Å². The van der Waals surface area contributed by atoms with Gasteiger partial charge in [-0.05, 0) is 24.9 Å². The minimum atomic E-state index is 0.145. The number of hydrogen-bond donors (Lipinski definition) is 0. The Kier molecular flexibility index (Phi) is 4.53. The zero-order chi connectivity index (χ0) is 17.2. The van der Waals surface area contributed by atoms with Crippen molar-refractivity contribution in [3.8, 4) is 0 Å². The maximum absolute atomic E-state index is 11.7. The molecule has 6 heteroatoms. The minimum Gasteiger partial charge on any atom is -0.341 e. The predicted octanol–water partition coefficient (Wildman–Crippen LogP) is 2.02. The molecule has 2 aliphatic rings. The van der Waals surface area contributed by atoms with E-state index in [0.29, 0.717) is 6.04 Å². The largest absolute Gasteiger partial charge is 0.341 e. The Morgan fingerprint density at radius 3 is 2.76 bits per heavy atom. The first-order valence-corrected chi connectivity index (χ1v) is 9.18. The fraction of sp³-hybridized carbons (Fsp3) is 0.526. The van der Waals surface area contributed by atoms with Gasteiger partial charge >= 0.3 is 0 Å². The van der Waals surface area contributed by atoms with Crippen molar-refractivity contribution in [1.29, 1.82) is 0 Å². The Balaban J connectivity index is 1.54. The third-order valence-electron chi connectivity index (χ3n) is 5.39. The van der Waals surface area contributed by atoms with Gasteiger partial charge in [-0.25, -0.2) is 0 Å². The Bertz CT molecular complexity index is 742. The Morgan fingerprint density at radius 2 is 1.96 bits per heavy atom. The summed E-state index contributed by atoms with van der Waals surface area (Å²) >= 11 is 0. The summed E-state index contributed by atoms with van der Waals surface area (Å²) in [5.74, 6) is 2.24. The zero-order valence-corrected chi connectivity index (χ0v) is 14.8. The predicted molar refractivity (Wildman–Crippen MR) is 94.8 cm³/mol. The van der Waals surface area contributed by atoms with E-state index in [4.69, 9.17) is 0 Å². The summed E-state index contributed by atoms with van der Waals surface area (Å²) in [6, 6.07) is 10.9. The van der Waals surface area contributed by atoms with Crippen molar-refractivity contribution in [3.63, 3.8) is 0 Å². The molecule has 132 valence electrons. The van der Waals surface area contributed by atoms with Crippen LogP contribution in [0.25, 0.3) is 0 Å². The second kappa shape index (κ2) is 6.96. The van der Waals surface area contributed by atoms with Crippen LogP contribution in [-0.4, -0.2) is 50.1 Å². The molecule has 25 heavy (non-hydrogen) atoms. The van der Waals surface area contributed by atoms with Gasteiger partial charge in [-0.1, -0.05) is 30.3 Å². The molecule has 0 radical (unpaired) electrons. The summed E-state index contributed by atoms with van der Waals surface area (Å²) in [6.07, 6.45) is 3.11. The summed E-state index contributed by atoms with van der Waals surface area (Å²) in [6.45, 7) is 5.98. The average molecular weight is 339 g/mol. The molecular weight excluding hydrogens is 314 g/mol. The Hall–Kier alpha value is -2.21. The molecule has 6 nitrogen and oxygen atoms in total. The summed E-state index contributed by atoms with van der Waals surface area (Å²) in [5.41, 5.74) is 1.34. The van der Waals surface area contributed by atoms with Gasteiger partial charge in [0, 0.05) is 39.5 Å². The number of benzene rings is 1. The van der Waals surface area contributed by atoms with Crippen molar-refractivity contribution in [1.82, 2.24) is 24.6 Å². The van der Waals surface area contributed by atoms with E-state index in [1.807, 2.05) is 4.90 Å². The first-order chi connectivity index (χ1) is 12.2. The fourth-order valence-corrected chi connectivity index (χ4v) is 4.03. The molecule has 0 spiro atoms. The Labute approximate surface area is 148 Å². The highest BCUT2D eigenvalue weighted by molar-refractivity contribution is 5.73. The number of likely N-dealkylation sites (tertiary alicyclic amines) is 1. The molecule has 1 aromatic carbocycles. The molecule has 4 rings (SSSR count). The van der Waals surface area contributed by atoms with Crippen molar-refractivity contribution in [3.05, 3.63) is 47.5 Å². The van der Waals surface area contributed by atoms with Crippen LogP contribution < -0.4 is 0 Å². The summed E-state index contributed by atoms with van der Waals surface area (Å²) in [4.78, 5) is 16.1. The molecule has 0 N–H and O–H groups in total. The molecule has 1 atom stereocenters. The highest BCUT2D eigenvalue weighted by atomic mass is 16.2. The van der Waals surface area contributed by atoms with Gasteiger partial charge in [0.15, 0.2) is 0 Å². The van der Waals surface area contributed by atoms with Gasteiger partial charge < -0.3 is 9.47 Å². The zero-order valence-electron chi connectivity index (χ0n) is 14.8. The molecular formula is C19H25N5O. The molecule has 1 fully saturated rings. The first-order valence-electron chi connectivity index (χ1n) is 9.18. The van der Waals surface area contributed by atoms with E-state index in [1.165, 1.54) is 12.0 Å². The second-order valence-electron chi connectivity index (χ2n) is 7.00. The normalized spacial score (nSPS) is 21.2. The van der Waals surface area contributed by atoms with E-state index in [-0.39, 0.29) is 5.91 Å². The number of nitrogens with zero attached hydrogens (tertiary/aromatic N) is 5. The monoisotopic (exact) mass is 339 g/mol. The Morgan fingerprint density at radius 1 is 1.12 bits per heavy atom. The first kappa shape index (κ1) is 16.3. The summed E-state index contributed by atoms with van der Waals surface area (Å²) in [7, 11) is 0. The van der Waals surface area contributed by atoms with Gasteiger partial charge in [0.2, 0.25) is 5.91 Å². The van der Waals surface area contributed by atoms with Gasteiger partial charge in [-0.3, -0.25) is 9.69 Å². The van der Waals surface area contributed by atoms with Crippen molar-refractivity contribution >= 4 is 5.91 Å². The molecule has 2 aromatic rings. The van der Waals surface area contributed by atoms with Gasteiger partial charge in [-0.2, -0.15) is 0 Å². The smallest absolute Gasteiger partial charge is 0.219 e. The maximum Gasteiger partial charge on any atom is 0.219 e. The maximum atomic E-state index is 11.7. The van der Waals surface area contributed by atoms with Crippen LogP contribution >= 0.6 is 0 Å². The van der Waals surface area contributed by atoms with Crippen molar-refractivity contribution in [2.75, 3.05) is 19.6 Å². The number of carbonyl (C=O) groups is 1. The SMILES string of the molecule is CC(=O)N1CCc2nnc(C3CCCN3Cc3ccccc3)n2CC1. The third-order valence-corrected chi connectivity index (χ3v) is 5.39. The van der Waals surface area contributed by atoms with E-state index in [0.717, 1.165) is 57.2 Å². The molecule has 0 saturated carbocycles. The lowest BCUT2D eigenvalue weighted by Gasteiger charge is -2.24. The summed E-state index contributed by atoms with van der Waals surface area (Å²) < 4.78 is 2.26. The van der Waals surface area contributed by atoms with E-state index in [9.17, 15) is 4.79 Å². The highest BCUT2D eigenvalue weighted by Crippen LogP contribution is 2.32. The fourth-order valence-electron chi connectivity index (χ4n) is 4.03. The topological polar surface area (TPSA) is 54.3 Å². The molecule has 1 unspecified atom stereocenters. The molecule has 3 heterocycles. The molecule has 0 bridgehead atoms. The highest BCUT2D eigenvalue weighted by Gasteiger charge is 2.32. The lowest BCUT2D eigenvalue weighted by molar-refractivity contribution is -0.128. The standard InChI is InChI=1S/C19H25N5O/c1-15(25)22-11-9-18-20-21-19(24(18)13-12-22)17-8-5-10-23(17)14-16-6-3-2-4-7-16/h2-4,6-7,17H,5,8-14H2,1H3. The lowest BCUT2D eigenvalue weighted by atomic mass is 10.1. The molecule has 2 aliphatic heterocycles. The number of fused-ring (bicyclic) bond motifs is 1. The van der Waals surface area contributed by atoms with Crippen LogP contribution in [0.5, 0.6) is 0 Å². The van der Waals surface area contributed by atoms with Crippen LogP contribution in [0.1, 0.15) is 43.0 Å². The minimum absolute atomic E-state index is 0.145. The molecule has 1 saturated heterocycles. The van der Waals surface area contributed by atoms with Gasteiger partial charge in [0.25, 0.3) is 0 Å². The number of amides is 1. The molecule has 0 aliphatic carbocycles. The summed E-state index contributed by atoms with van der Waals surface area (Å²) in [5, 5.41) is 9.00. The molecule has 1 amide bonds. The van der Waals surface area contributed by atoms with Crippen LogP contribution in [0.3, 0.4) is 0 Å². The average Bonchev–Trinajstić information content (AvgIpc) is 3.16. The lowest BCUT2D eigenvalue weighted by Crippen LogP contribution is -2.32. The van der Waals surface area contributed by atoms with Gasteiger partial charge in [-0.15, -0.1) is 10.2 Å². The van der Waals surface area contributed by atoms with E-state index < -0.39 is 0 Å². The number of rotatable bonds is 3. The van der Waals surface area contributed by atoms with Crippen LogP contribution in [0.4, 0.5) is 0 Å². The van der Waals surface area contributed by atoms with Crippen molar-refractivity contribution in [2.24, 2.45) is 0 Å². The quantitative estimate of drug-likeness (QED) is 0.858. The van der Waals surface area contributed by atoms with E-state index in [1.54, 1.807) is 6.92 Å². The van der Waals surface area contributed by atoms with Crippen LogP contribution in [0.2, 0.25) is 0 Å². The van der Waals surface area contributed by atoms with Crippen LogP contribution in [0.15, 0.2) is 30.3 Å². The van der Waals surface area contributed by atoms with Crippen molar-refractivity contribution < 1.29 is 4.79 Å². The third kappa shape index (κ3) is 3.31. The van der Waals surface area contributed by atoms with Crippen molar-refractivity contribution in [2.45, 2.75) is 45.3 Å². The number of aromatic nitrogens is 3. The van der Waals surface area contributed by atoms with E-state index in [2.05, 4.69) is 50.0 Å². The van der Waals surface area contributed by atoms with Gasteiger partial charge in [0.05, 0.1) is 6.04 Å². The van der Waals surface area contributed by atoms with Crippen LogP contribution in [-0.2, 0) is 24.3 Å². The van der Waals surface area contributed by atoms with Gasteiger partial charge in [0.1, 0.15) is 11.6 Å². The molecule has 1 aromatic heterocycles. The van der Waals surface area contributed by atoms with Crippen LogP contribution in [0, 0.1) is 0 Å². The number of carbonyl (C=O) groups excluding carboxylic acids is 1. The second-order valence-corrected chi connectivity index (χ2v) is 7.00. The number of hydrogen-bond acceptors (Lipinski definition) is 4.